The second-order valence-electron chi connectivity index (χ2n) is 6.56. The van der Waals surface area contributed by atoms with Gasteiger partial charge in [0, 0.05) is 30.3 Å². The van der Waals surface area contributed by atoms with Gasteiger partial charge in [0.25, 0.3) is 5.91 Å². The largest absolute Gasteiger partial charge is 0.483 e. The van der Waals surface area contributed by atoms with Crippen LogP contribution in [0.3, 0.4) is 0 Å². The first-order chi connectivity index (χ1) is 13.1. The number of fused-ring (bicyclic) bond motifs is 1. The van der Waals surface area contributed by atoms with Crippen molar-refractivity contribution in [3.05, 3.63) is 42.0 Å². The van der Waals surface area contributed by atoms with Crippen molar-refractivity contribution in [3.63, 3.8) is 0 Å². The van der Waals surface area contributed by atoms with Gasteiger partial charge in [-0.3, -0.25) is 9.59 Å². The third kappa shape index (κ3) is 4.27. The molecule has 1 N–H and O–H groups in total. The number of carbonyl (C=O) groups excluding carboxylic acids is 2. The standard InChI is InChI=1S/C21H24N2O4/c1-2-26-21(25)16-6-5-11-23(13-16)20(24)14-27-19-10-9-15(12-22)17-7-3-4-8-18(17)19/h3-4,7-10,12,16,22H,2,5-6,11,13-14H2,1H3. The number of esters is 1. The minimum absolute atomic E-state index is 0.0799. The number of likely N-dealkylation sites (tertiary alicyclic amines) is 1. The number of benzene rings is 2. The van der Waals surface area contributed by atoms with Crippen molar-refractivity contribution in [1.82, 2.24) is 4.90 Å². The number of hydrogen-bond acceptors (Lipinski definition) is 5. The van der Waals surface area contributed by atoms with Crippen molar-refractivity contribution in [3.8, 4) is 5.75 Å². The van der Waals surface area contributed by atoms with Crippen LogP contribution < -0.4 is 4.74 Å². The number of amides is 1. The van der Waals surface area contributed by atoms with Crippen molar-refractivity contribution in [2.45, 2.75) is 19.8 Å². The predicted octanol–water partition coefficient (Wildman–Crippen LogP) is 3.02. The molecule has 1 fully saturated rings. The van der Waals surface area contributed by atoms with Crippen molar-refractivity contribution in [2.24, 2.45) is 5.92 Å². The summed E-state index contributed by atoms with van der Waals surface area (Å²) >= 11 is 0. The molecule has 142 valence electrons. The van der Waals surface area contributed by atoms with Crippen molar-refractivity contribution in [2.75, 3.05) is 26.3 Å². The van der Waals surface area contributed by atoms with E-state index in [4.69, 9.17) is 14.9 Å². The highest BCUT2D eigenvalue weighted by Crippen LogP contribution is 2.28. The fourth-order valence-corrected chi connectivity index (χ4v) is 3.43. The average molecular weight is 368 g/mol. The lowest BCUT2D eigenvalue weighted by Crippen LogP contribution is -2.44. The zero-order chi connectivity index (χ0) is 19.2. The Kier molecular flexibility index (Phi) is 6.06. The van der Waals surface area contributed by atoms with Crippen LogP contribution in [0.1, 0.15) is 25.3 Å². The van der Waals surface area contributed by atoms with Crippen LogP contribution in [0.4, 0.5) is 0 Å². The molecule has 0 saturated carbocycles. The summed E-state index contributed by atoms with van der Waals surface area (Å²) in [5, 5.41) is 9.30. The molecule has 3 rings (SSSR count). The third-order valence-electron chi connectivity index (χ3n) is 4.82. The smallest absolute Gasteiger partial charge is 0.310 e. The summed E-state index contributed by atoms with van der Waals surface area (Å²) in [6, 6.07) is 11.3. The lowest BCUT2D eigenvalue weighted by Gasteiger charge is -2.31. The maximum absolute atomic E-state index is 12.6. The van der Waals surface area contributed by atoms with Gasteiger partial charge in [0.2, 0.25) is 0 Å². The molecule has 0 radical (unpaired) electrons. The highest BCUT2D eigenvalue weighted by molar-refractivity contribution is 6.01. The van der Waals surface area contributed by atoms with E-state index in [0.717, 1.165) is 29.2 Å². The van der Waals surface area contributed by atoms with Gasteiger partial charge < -0.3 is 19.8 Å². The number of nitrogens with one attached hydrogen (secondary N) is 1. The summed E-state index contributed by atoms with van der Waals surface area (Å²) in [6.07, 6.45) is 2.84. The van der Waals surface area contributed by atoms with Gasteiger partial charge in [-0.1, -0.05) is 24.3 Å². The second-order valence-corrected chi connectivity index (χ2v) is 6.56. The van der Waals surface area contributed by atoms with Gasteiger partial charge in [0.15, 0.2) is 6.61 Å². The Hall–Kier alpha value is -2.89. The summed E-state index contributed by atoms with van der Waals surface area (Å²) in [5.74, 6) is -0.00721. The molecule has 1 heterocycles. The van der Waals surface area contributed by atoms with Crippen LogP contribution in [0.5, 0.6) is 5.75 Å². The number of hydrogen-bond donors (Lipinski definition) is 1. The minimum Gasteiger partial charge on any atom is -0.483 e. The molecule has 1 aliphatic heterocycles. The Morgan fingerprint density at radius 3 is 2.74 bits per heavy atom. The Labute approximate surface area is 158 Å². The zero-order valence-electron chi connectivity index (χ0n) is 15.4. The third-order valence-corrected chi connectivity index (χ3v) is 4.82. The van der Waals surface area contributed by atoms with Gasteiger partial charge in [0.1, 0.15) is 5.75 Å². The van der Waals surface area contributed by atoms with Gasteiger partial charge >= 0.3 is 5.97 Å². The minimum atomic E-state index is -0.254. The normalized spacial score (nSPS) is 16.8. The van der Waals surface area contributed by atoms with E-state index in [1.165, 1.54) is 6.21 Å². The zero-order valence-corrected chi connectivity index (χ0v) is 15.4. The molecule has 6 heteroatoms. The number of nitrogens with zero attached hydrogens (tertiary/aromatic N) is 1. The quantitative estimate of drug-likeness (QED) is 0.628. The fourth-order valence-electron chi connectivity index (χ4n) is 3.43. The summed E-state index contributed by atoms with van der Waals surface area (Å²) in [7, 11) is 0. The monoisotopic (exact) mass is 368 g/mol. The lowest BCUT2D eigenvalue weighted by atomic mass is 9.98. The molecule has 2 aromatic rings. The summed E-state index contributed by atoms with van der Waals surface area (Å²) in [6.45, 7) is 3.07. The van der Waals surface area contributed by atoms with Gasteiger partial charge in [-0.05, 0) is 37.3 Å². The van der Waals surface area contributed by atoms with Crippen LogP contribution in [0.2, 0.25) is 0 Å². The van der Waals surface area contributed by atoms with E-state index >= 15 is 0 Å². The molecule has 1 amide bonds. The second kappa shape index (κ2) is 8.66. The van der Waals surface area contributed by atoms with Gasteiger partial charge in [-0.2, -0.15) is 0 Å². The molecule has 1 aliphatic rings. The van der Waals surface area contributed by atoms with Crippen LogP contribution in [-0.2, 0) is 14.3 Å². The predicted molar refractivity (Wildman–Crippen MR) is 103 cm³/mol. The van der Waals surface area contributed by atoms with E-state index in [1.807, 2.05) is 30.3 Å². The highest BCUT2D eigenvalue weighted by Gasteiger charge is 2.29. The Morgan fingerprint density at radius 1 is 1.22 bits per heavy atom. The van der Waals surface area contributed by atoms with Gasteiger partial charge in [0.05, 0.1) is 12.5 Å². The summed E-state index contributed by atoms with van der Waals surface area (Å²) in [5.41, 5.74) is 0.803. The molecule has 27 heavy (non-hydrogen) atoms. The fraction of sp³-hybridized carbons (Fsp3) is 0.381. The van der Waals surface area contributed by atoms with E-state index in [1.54, 1.807) is 17.9 Å². The van der Waals surface area contributed by atoms with Crippen molar-refractivity contribution >= 4 is 28.9 Å². The van der Waals surface area contributed by atoms with Crippen LogP contribution in [0.15, 0.2) is 36.4 Å². The molecular formula is C21H24N2O4. The number of rotatable bonds is 6. The Balaban J connectivity index is 1.66. The van der Waals surface area contributed by atoms with E-state index in [9.17, 15) is 9.59 Å². The van der Waals surface area contributed by atoms with E-state index in [-0.39, 0.29) is 24.4 Å². The van der Waals surface area contributed by atoms with Gasteiger partial charge in [-0.25, -0.2) is 0 Å². The molecule has 1 unspecified atom stereocenters. The first-order valence-electron chi connectivity index (χ1n) is 9.23. The van der Waals surface area contributed by atoms with E-state index in [0.29, 0.717) is 25.4 Å². The van der Waals surface area contributed by atoms with Gasteiger partial charge in [-0.15, -0.1) is 0 Å². The SMILES string of the molecule is CCOC(=O)C1CCCN(C(=O)COc2ccc(C=N)c3ccccc23)C1. The Bertz CT molecular complexity index is 849. The molecule has 2 aromatic carbocycles. The van der Waals surface area contributed by atoms with Crippen LogP contribution in [0, 0.1) is 11.3 Å². The maximum Gasteiger partial charge on any atom is 0.310 e. The van der Waals surface area contributed by atoms with Crippen molar-refractivity contribution < 1.29 is 19.1 Å². The topological polar surface area (TPSA) is 79.7 Å². The molecule has 6 nitrogen and oxygen atoms in total. The highest BCUT2D eigenvalue weighted by atomic mass is 16.5. The van der Waals surface area contributed by atoms with Crippen LogP contribution in [-0.4, -0.2) is 49.3 Å². The molecule has 0 aromatic heterocycles. The number of ether oxygens (including phenoxy) is 2. The lowest BCUT2D eigenvalue weighted by molar-refractivity contribution is -0.151. The first-order valence-corrected chi connectivity index (χ1v) is 9.23. The van der Waals surface area contributed by atoms with Crippen LogP contribution in [0.25, 0.3) is 10.8 Å². The molecule has 0 bridgehead atoms. The maximum atomic E-state index is 12.6. The van der Waals surface area contributed by atoms with Crippen molar-refractivity contribution in [1.29, 1.82) is 5.41 Å². The van der Waals surface area contributed by atoms with E-state index in [2.05, 4.69) is 0 Å². The molecular weight excluding hydrogens is 344 g/mol. The van der Waals surface area contributed by atoms with E-state index < -0.39 is 0 Å². The summed E-state index contributed by atoms with van der Waals surface area (Å²) in [4.78, 5) is 26.2. The molecule has 1 saturated heterocycles. The molecule has 0 spiro atoms. The number of carbonyl (C=O) groups is 2. The van der Waals surface area contributed by atoms with Crippen LogP contribution >= 0.6 is 0 Å². The molecule has 0 aliphatic carbocycles. The average Bonchev–Trinajstić information content (AvgIpc) is 2.72. The summed E-state index contributed by atoms with van der Waals surface area (Å²) < 4.78 is 10.9. The first kappa shape index (κ1) is 18.9. The number of piperidine rings is 1. The Morgan fingerprint density at radius 2 is 2.00 bits per heavy atom. The molecule has 1 atom stereocenters.